The Morgan fingerprint density at radius 1 is 1.20 bits per heavy atom. The van der Waals surface area contributed by atoms with Crippen LogP contribution in [0, 0.1) is 17.5 Å². The van der Waals surface area contributed by atoms with Crippen molar-refractivity contribution in [2.24, 2.45) is 0 Å². The third kappa shape index (κ3) is 2.29. The fourth-order valence-corrected chi connectivity index (χ4v) is 2.70. The zero-order chi connectivity index (χ0) is 14.3. The van der Waals surface area contributed by atoms with Crippen LogP contribution in [0.25, 0.3) is 10.9 Å². The predicted molar refractivity (Wildman–Crippen MR) is 68.9 cm³/mol. The standard InChI is InChI=1S/C14H15F3N2O/c15-11-7-12-10(13(16)14(11)17)2-4-19(12)6-5-18-3-1-9(20)8-18/h2,4,7,9,20H,1,3,5-6,8H2. The SMILES string of the molecule is OC1CCN(CCn2ccc3c(F)c(F)c(F)cc32)C1. The van der Waals surface area contributed by atoms with E-state index >= 15 is 0 Å². The van der Waals surface area contributed by atoms with Crippen molar-refractivity contribution >= 4 is 10.9 Å². The topological polar surface area (TPSA) is 28.4 Å². The number of halogens is 3. The Hall–Kier alpha value is -1.53. The molecule has 6 heteroatoms. The van der Waals surface area contributed by atoms with Crippen LogP contribution in [0.1, 0.15) is 6.42 Å². The lowest BCUT2D eigenvalue weighted by Gasteiger charge is -2.15. The van der Waals surface area contributed by atoms with Gasteiger partial charge in [0.05, 0.1) is 11.6 Å². The van der Waals surface area contributed by atoms with E-state index in [1.54, 1.807) is 10.8 Å². The highest BCUT2D eigenvalue weighted by Gasteiger charge is 2.20. The lowest BCUT2D eigenvalue weighted by Crippen LogP contribution is -2.26. The van der Waals surface area contributed by atoms with Crippen LogP contribution in [-0.2, 0) is 6.54 Å². The highest BCUT2D eigenvalue weighted by molar-refractivity contribution is 5.81. The number of aliphatic hydroxyl groups excluding tert-OH is 1. The van der Waals surface area contributed by atoms with Crippen LogP contribution in [0.3, 0.4) is 0 Å². The van der Waals surface area contributed by atoms with E-state index in [2.05, 4.69) is 4.90 Å². The van der Waals surface area contributed by atoms with Gasteiger partial charge in [-0.05, 0) is 12.5 Å². The summed E-state index contributed by atoms with van der Waals surface area (Å²) in [7, 11) is 0. The third-order valence-corrected chi connectivity index (χ3v) is 3.81. The molecule has 0 bridgehead atoms. The highest BCUT2D eigenvalue weighted by Crippen LogP contribution is 2.24. The van der Waals surface area contributed by atoms with Crippen molar-refractivity contribution in [3.05, 3.63) is 35.8 Å². The van der Waals surface area contributed by atoms with Crippen molar-refractivity contribution in [1.82, 2.24) is 9.47 Å². The molecule has 20 heavy (non-hydrogen) atoms. The van der Waals surface area contributed by atoms with E-state index in [4.69, 9.17) is 0 Å². The lowest BCUT2D eigenvalue weighted by molar-refractivity contribution is 0.175. The first-order valence-corrected chi connectivity index (χ1v) is 6.59. The van der Waals surface area contributed by atoms with E-state index in [0.29, 0.717) is 25.2 Å². The average molecular weight is 284 g/mol. The molecule has 108 valence electrons. The Labute approximate surface area is 114 Å². The maximum atomic E-state index is 13.6. The fraction of sp³-hybridized carbons (Fsp3) is 0.429. The number of aromatic nitrogens is 1. The van der Waals surface area contributed by atoms with Crippen molar-refractivity contribution < 1.29 is 18.3 Å². The minimum absolute atomic E-state index is 0.0883. The van der Waals surface area contributed by atoms with Crippen molar-refractivity contribution in [2.45, 2.75) is 19.1 Å². The van der Waals surface area contributed by atoms with Gasteiger partial charge in [0.2, 0.25) is 0 Å². The molecule has 3 rings (SSSR count). The van der Waals surface area contributed by atoms with Crippen molar-refractivity contribution in [3.63, 3.8) is 0 Å². The summed E-state index contributed by atoms with van der Waals surface area (Å²) in [6.45, 7) is 2.66. The Kier molecular flexibility index (Phi) is 3.43. The zero-order valence-electron chi connectivity index (χ0n) is 10.8. The average Bonchev–Trinajstić information content (AvgIpc) is 3.00. The first kappa shape index (κ1) is 13.5. The quantitative estimate of drug-likeness (QED) is 0.875. The zero-order valence-corrected chi connectivity index (χ0v) is 10.8. The van der Waals surface area contributed by atoms with Crippen LogP contribution in [0.2, 0.25) is 0 Å². The Balaban J connectivity index is 1.82. The summed E-state index contributed by atoms with van der Waals surface area (Å²) < 4.78 is 41.7. The summed E-state index contributed by atoms with van der Waals surface area (Å²) in [5.74, 6) is -3.75. The number of β-amino-alcohol motifs (C(OH)–C–C–N with tert-alkyl or cyclic N) is 1. The smallest absolute Gasteiger partial charge is 0.195 e. The molecular weight excluding hydrogens is 269 g/mol. The molecule has 1 saturated heterocycles. The number of hydrogen-bond donors (Lipinski definition) is 1. The molecule has 2 heterocycles. The Bertz CT molecular complexity index is 641. The van der Waals surface area contributed by atoms with E-state index < -0.39 is 17.5 Å². The summed E-state index contributed by atoms with van der Waals surface area (Å²) in [5, 5.41) is 9.53. The van der Waals surface area contributed by atoms with Crippen molar-refractivity contribution in [2.75, 3.05) is 19.6 Å². The van der Waals surface area contributed by atoms with Crippen LogP contribution in [0.15, 0.2) is 18.3 Å². The predicted octanol–water partition coefficient (Wildman–Crippen LogP) is 2.13. The number of fused-ring (bicyclic) bond motifs is 1. The summed E-state index contributed by atoms with van der Waals surface area (Å²) in [4.78, 5) is 2.09. The van der Waals surface area contributed by atoms with Crippen LogP contribution >= 0.6 is 0 Å². The molecule has 1 aromatic carbocycles. The van der Waals surface area contributed by atoms with Gasteiger partial charge in [0.15, 0.2) is 17.5 Å². The third-order valence-electron chi connectivity index (χ3n) is 3.81. The highest BCUT2D eigenvalue weighted by atomic mass is 19.2. The van der Waals surface area contributed by atoms with Crippen LogP contribution in [-0.4, -0.2) is 40.3 Å². The van der Waals surface area contributed by atoms with Gasteiger partial charge in [-0.25, -0.2) is 13.2 Å². The monoisotopic (exact) mass is 284 g/mol. The van der Waals surface area contributed by atoms with Crippen LogP contribution in [0.5, 0.6) is 0 Å². The largest absolute Gasteiger partial charge is 0.392 e. The molecule has 0 aliphatic carbocycles. The maximum Gasteiger partial charge on any atom is 0.195 e. The summed E-state index contributed by atoms with van der Waals surface area (Å²) >= 11 is 0. The Morgan fingerprint density at radius 3 is 2.70 bits per heavy atom. The van der Waals surface area contributed by atoms with Gasteiger partial charge in [-0.2, -0.15) is 0 Å². The van der Waals surface area contributed by atoms with Gasteiger partial charge in [-0.15, -0.1) is 0 Å². The molecule has 0 amide bonds. The molecule has 1 fully saturated rings. The second kappa shape index (κ2) is 5.10. The second-order valence-electron chi connectivity index (χ2n) is 5.17. The molecule has 2 aromatic rings. The molecular formula is C14H15F3N2O. The van der Waals surface area contributed by atoms with Gasteiger partial charge in [-0.1, -0.05) is 0 Å². The van der Waals surface area contributed by atoms with Gasteiger partial charge in [0.25, 0.3) is 0 Å². The van der Waals surface area contributed by atoms with Crippen molar-refractivity contribution in [3.8, 4) is 0 Å². The molecule has 1 N–H and O–H groups in total. The molecule has 0 spiro atoms. The normalized spacial score (nSPS) is 20.1. The molecule has 1 aliphatic heterocycles. The molecule has 1 atom stereocenters. The number of nitrogens with zero attached hydrogens (tertiary/aromatic N) is 2. The van der Waals surface area contributed by atoms with Gasteiger partial charge < -0.3 is 9.67 Å². The van der Waals surface area contributed by atoms with Gasteiger partial charge >= 0.3 is 0 Å². The molecule has 0 radical (unpaired) electrons. The number of benzene rings is 1. The molecule has 0 saturated carbocycles. The first-order valence-electron chi connectivity index (χ1n) is 6.59. The molecule has 1 unspecified atom stereocenters. The number of rotatable bonds is 3. The molecule has 1 aliphatic rings. The molecule has 1 aromatic heterocycles. The number of aliphatic hydroxyl groups is 1. The molecule has 3 nitrogen and oxygen atoms in total. The number of hydrogen-bond acceptors (Lipinski definition) is 2. The Morgan fingerprint density at radius 2 is 2.00 bits per heavy atom. The van der Waals surface area contributed by atoms with E-state index in [1.165, 1.54) is 6.07 Å². The van der Waals surface area contributed by atoms with Gasteiger partial charge in [0.1, 0.15) is 0 Å². The van der Waals surface area contributed by atoms with Gasteiger partial charge in [0, 0.05) is 43.8 Å². The van der Waals surface area contributed by atoms with Gasteiger partial charge in [-0.3, -0.25) is 4.90 Å². The first-order chi connectivity index (χ1) is 9.56. The van der Waals surface area contributed by atoms with E-state index in [0.717, 1.165) is 19.0 Å². The summed E-state index contributed by atoms with van der Waals surface area (Å²) in [6, 6.07) is 2.47. The summed E-state index contributed by atoms with van der Waals surface area (Å²) in [6.07, 6.45) is 2.08. The fourth-order valence-electron chi connectivity index (χ4n) is 2.70. The van der Waals surface area contributed by atoms with E-state index in [9.17, 15) is 18.3 Å². The van der Waals surface area contributed by atoms with Crippen molar-refractivity contribution in [1.29, 1.82) is 0 Å². The van der Waals surface area contributed by atoms with Crippen LogP contribution in [0.4, 0.5) is 13.2 Å². The minimum Gasteiger partial charge on any atom is -0.392 e. The maximum absolute atomic E-state index is 13.6. The van der Waals surface area contributed by atoms with Crippen LogP contribution < -0.4 is 0 Å². The number of likely N-dealkylation sites (tertiary alicyclic amines) is 1. The second-order valence-corrected chi connectivity index (χ2v) is 5.17. The minimum atomic E-state index is -1.43. The lowest BCUT2D eigenvalue weighted by atomic mass is 10.2. The van der Waals surface area contributed by atoms with E-state index in [-0.39, 0.29) is 11.5 Å². The summed E-state index contributed by atoms with van der Waals surface area (Å²) in [5.41, 5.74) is 0.348. The van der Waals surface area contributed by atoms with E-state index in [1.807, 2.05) is 0 Å².